The molecule has 3 aromatic rings. The Kier molecular flexibility index (Phi) is 6.11. The van der Waals surface area contributed by atoms with Gasteiger partial charge in [0.05, 0.1) is 10.6 Å². The molecule has 0 unspecified atom stereocenters. The van der Waals surface area contributed by atoms with Crippen molar-refractivity contribution in [1.82, 2.24) is 4.98 Å². The predicted molar refractivity (Wildman–Crippen MR) is 113 cm³/mol. The van der Waals surface area contributed by atoms with E-state index in [1.807, 2.05) is 24.3 Å². The van der Waals surface area contributed by atoms with Crippen molar-refractivity contribution in [2.75, 3.05) is 10.0 Å². The van der Waals surface area contributed by atoms with E-state index in [2.05, 4.69) is 21.9 Å². The molecular formula is C20H21N3O3S2. The highest BCUT2D eigenvalue weighted by molar-refractivity contribution is 7.93. The van der Waals surface area contributed by atoms with Gasteiger partial charge in [0.15, 0.2) is 5.13 Å². The van der Waals surface area contributed by atoms with Gasteiger partial charge in [0, 0.05) is 23.6 Å². The van der Waals surface area contributed by atoms with Gasteiger partial charge in [0.1, 0.15) is 0 Å². The van der Waals surface area contributed by atoms with E-state index in [1.54, 1.807) is 29.6 Å². The summed E-state index contributed by atoms with van der Waals surface area (Å²) in [5.41, 5.74) is 3.30. The van der Waals surface area contributed by atoms with Crippen molar-refractivity contribution in [3.05, 3.63) is 59.5 Å². The molecule has 0 saturated carbocycles. The number of anilines is 2. The molecule has 0 fully saturated rings. The van der Waals surface area contributed by atoms with Gasteiger partial charge in [-0.2, -0.15) is 0 Å². The molecule has 0 aliphatic rings. The topological polar surface area (TPSA) is 88.2 Å². The fourth-order valence-electron chi connectivity index (χ4n) is 2.68. The number of thiazole rings is 1. The first-order valence-electron chi connectivity index (χ1n) is 8.82. The number of rotatable bonds is 7. The molecule has 2 N–H and O–H groups in total. The number of aryl methyl sites for hydroxylation is 1. The number of sulfonamides is 1. The zero-order chi connectivity index (χ0) is 20.1. The summed E-state index contributed by atoms with van der Waals surface area (Å²) in [7, 11) is -3.68. The molecule has 1 heterocycles. The Balaban J connectivity index is 1.73. The summed E-state index contributed by atoms with van der Waals surface area (Å²) in [4.78, 5) is 15.7. The highest BCUT2D eigenvalue weighted by Gasteiger charge is 2.16. The van der Waals surface area contributed by atoms with Crippen LogP contribution in [0.1, 0.15) is 25.8 Å². The molecule has 0 saturated heterocycles. The number of amides is 1. The van der Waals surface area contributed by atoms with Crippen LogP contribution in [-0.4, -0.2) is 19.3 Å². The number of hydrogen-bond donors (Lipinski definition) is 2. The molecule has 6 nitrogen and oxygen atoms in total. The number of carbonyl (C=O) groups excluding carboxylic acids is 1. The highest BCUT2D eigenvalue weighted by Crippen LogP contribution is 2.27. The lowest BCUT2D eigenvalue weighted by atomic mass is 10.1. The molecule has 0 bridgehead atoms. The molecule has 28 heavy (non-hydrogen) atoms. The first kappa shape index (κ1) is 20.0. The van der Waals surface area contributed by atoms with E-state index in [0.717, 1.165) is 24.0 Å². The number of nitrogens with one attached hydrogen (secondary N) is 2. The minimum Gasteiger partial charge on any atom is -0.326 e. The van der Waals surface area contributed by atoms with Crippen LogP contribution in [0.15, 0.2) is 58.8 Å². The Labute approximate surface area is 168 Å². The van der Waals surface area contributed by atoms with Crippen molar-refractivity contribution >= 4 is 38.1 Å². The van der Waals surface area contributed by atoms with Crippen LogP contribution in [0.25, 0.3) is 11.3 Å². The van der Waals surface area contributed by atoms with Crippen LogP contribution in [-0.2, 0) is 21.2 Å². The number of hydrogen-bond acceptors (Lipinski definition) is 5. The van der Waals surface area contributed by atoms with Gasteiger partial charge in [-0.25, -0.2) is 13.4 Å². The fourth-order valence-corrected chi connectivity index (χ4v) is 4.65. The van der Waals surface area contributed by atoms with Crippen LogP contribution in [0, 0.1) is 0 Å². The first-order chi connectivity index (χ1) is 13.4. The van der Waals surface area contributed by atoms with Gasteiger partial charge in [-0.05, 0) is 36.2 Å². The Bertz CT molecular complexity index is 1060. The second-order valence-corrected chi connectivity index (χ2v) is 8.84. The second kappa shape index (κ2) is 8.53. The molecule has 0 atom stereocenters. The molecule has 8 heteroatoms. The lowest BCUT2D eigenvalue weighted by Crippen LogP contribution is -2.12. The van der Waals surface area contributed by atoms with E-state index in [1.165, 1.54) is 18.3 Å². The van der Waals surface area contributed by atoms with E-state index < -0.39 is 10.0 Å². The molecular weight excluding hydrogens is 394 g/mol. The summed E-state index contributed by atoms with van der Waals surface area (Å²) < 4.78 is 27.7. The molecule has 2 aromatic carbocycles. The molecule has 0 aliphatic heterocycles. The van der Waals surface area contributed by atoms with E-state index in [4.69, 9.17) is 0 Å². The van der Waals surface area contributed by atoms with E-state index in [-0.39, 0.29) is 10.8 Å². The number of carbonyl (C=O) groups is 1. The average Bonchev–Trinajstić information content (AvgIpc) is 3.10. The fraction of sp³-hybridized carbons (Fsp3) is 0.200. The number of aromatic nitrogens is 1. The molecule has 1 aromatic heterocycles. The minimum atomic E-state index is -3.68. The molecule has 1 amide bonds. The van der Waals surface area contributed by atoms with Crippen molar-refractivity contribution < 1.29 is 13.2 Å². The smallest absolute Gasteiger partial charge is 0.263 e. The highest BCUT2D eigenvalue weighted by atomic mass is 32.2. The summed E-state index contributed by atoms with van der Waals surface area (Å²) in [6, 6.07) is 14.1. The maximum absolute atomic E-state index is 12.6. The van der Waals surface area contributed by atoms with Crippen molar-refractivity contribution in [2.24, 2.45) is 0 Å². The standard InChI is InChI=1S/C20H21N3O3S2/c1-3-4-15-5-11-18(12-6-15)28(25,26)23-20-22-19(13-27-20)16-7-9-17(10-8-16)21-14(2)24/h5-13H,3-4H2,1-2H3,(H,21,24)(H,22,23). The van der Waals surface area contributed by atoms with Gasteiger partial charge < -0.3 is 5.32 Å². The van der Waals surface area contributed by atoms with Crippen LogP contribution >= 0.6 is 11.3 Å². The van der Waals surface area contributed by atoms with Crippen molar-refractivity contribution in [1.29, 1.82) is 0 Å². The average molecular weight is 416 g/mol. The predicted octanol–water partition coefficient (Wildman–Crippen LogP) is 4.52. The van der Waals surface area contributed by atoms with Gasteiger partial charge in [-0.15, -0.1) is 11.3 Å². The van der Waals surface area contributed by atoms with Gasteiger partial charge in [-0.3, -0.25) is 9.52 Å². The van der Waals surface area contributed by atoms with Gasteiger partial charge >= 0.3 is 0 Å². The van der Waals surface area contributed by atoms with Crippen molar-refractivity contribution in [3.63, 3.8) is 0 Å². The Morgan fingerprint density at radius 2 is 1.75 bits per heavy atom. The van der Waals surface area contributed by atoms with Crippen molar-refractivity contribution in [2.45, 2.75) is 31.6 Å². The van der Waals surface area contributed by atoms with Crippen LogP contribution in [0.3, 0.4) is 0 Å². The van der Waals surface area contributed by atoms with Crippen LogP contribution in [0.2, 0.25) is 0 Å². The second-order valence-electron chi connectivity index (χ2n) is 6.30. The molecule has 146 valence electrons. The summed E-state index contributed by atoms with van der Waals surface area (Å²) in [5, 5.41) is 4.79. The summed E-state index contributed by atoms with van der Waals surface area (Å²) in [6.45, 7) is 3.53. The number of benzene rings is 2. The van der Waals surface area contributed by atoms with E-state index in [9.17, 15) is 13.2 Å². The molecule has 3 rings (SSSR count). The lowest BCUT2D eigenvalue weighted by Gasteiger charge is -2.06. The third-order valence-electron chi connectivity index (χ3n) is 4.00. The molecule has 0 aliphatic carbocycles. The van der Waals surface area contributed by atoms with Gasteiger partial charge in [0.2, 0.25) is 5.91 Å². The van der Waals surface area contributed by atoms with Crippen LogP contribution < -0.4 is 10.0 Å². The van der Waals surface area contributed by atoms with Gasteiger partial charge in [0.25, 0.3) is 10.0 Å². The normalized spacial score (nSPS) is 11.2. The largest absolute Gasteiger partial charge is 0.326 e. The monoisotopic (exact) mass is 415 g/mol. The third-order valence-corrected chi connectivity index (χ3v) is 6.24. The zero-order valence-electron chi connectivity index (χ0n) is 15.6. The van der Waals surface area contributed by atoms with Gasteiger partial charge in [-0.1, -0.05) is 37.6 Å². The van der Waals surface area contributed by atoms with E-state index >= 15 is 0 Å². The summed E-state index contributed by atoms with van der Waals surface area (Å²) in [5.74, 6) is -0.138. The molecule has 0 spiro atoms. The Morgan fingerprint density at radius 1 is 1.07 bits per heavy atom. The van der Waals surface area contributed by atoms with E-state index in [0.29, 0.717) is 16.5 Å². The quantitative estimate of drug-likeness (QED) is 0.594. The third kappa shape index (κ3) is 4.96. The Morgan fingerprint density at radius 3 is 2.36 bits per heavy atom. The summed E-state index contributed by atoms with van der Waals surface area (Å²) >= 11 is 1.22. The Hall–Kier alpha value is -2.71. The molecule has 0 radical (unpaired) electrons. The SMILES string of the molecule is CCCc1ccc(S(=O)(=O)Nc2nc(-c3ccc(NC(C)=O)cc3)cs2)cc1. The van der Waals surface area contributed by atoms with Crippen LogP contribution in [0.4, 0.5) is 10.8 Å². The lowest BCUT2D eigenvalue weighted by molar-refractivity contribution is -0.114. The number of nitrogens with zero attached hydrogens (tertiary/aromatic N) is 1. The maximum atomic E-state index is 12.6. The minimum absolute atomic E-state index is 0.138. The zero-order valence-corrected chi connectivity index (χ0v) is 17.2. The summed E-state index contributed by atoms with van der Waals surface area (Å²) in [6.07, 6.45) is 1.93. The van der Waals surface area contributed by atoms with Crippen LogP contribution in [0.5, 0.6) is 0 Å². The first-order valence-corrected chi connectivity index (χ1v) is 11.2. The maximum Gasteiger partial charge on any atom is 0.263 e. The van der Waals surface area contributed by atoms with Crippen molar-refractivity contribution in [3.8, 4) is 11.3 Å².